The number of fused-ring (bicyclic) bond motifs is 2. The van der Waals surface area contributed by atoms with Crippen molar-refractivity contribution >= 4 is 39.3 Å². The van der Waals surface area contributed by atoms with E-state index in [1.807, 2.05) is 36.4 Å². The number of carbonyl (C=O) groups is 1. The van der Waals surface area contributed by atoms with Crippen molar-refractivity contribution in [1.29, 1.82) is 0 Å². The molecule has 5 aromatic rings. The third-order valence-corrected chi connectivity index (χ3v) is 5.37. The maximum absolute atomic E-state index is 12.9. The predicted octanol–water partition coefficient (Wildman–Crippen LogP) is 6.49. The van der Waals surface area contributed by atoms with Gasteiger partial charge in [-0.05, 0) is 46.7 Å². The molecule has 0 amide bonds. The zero-order valence-corrected chi connectivity index (χ0v) is 16.9. The van der Waals surface area contributed by atoms with Gasteiger partial charge < -0.3 is 9.15 Å². The average Bonchev–Trinajstić information content (AvgIpc) is 2.79. The summed E-state index contributed by atoms with van der Waals surface area (Å²) < 4.78 is 11.3. The van der Waals surface area contributed by atoms with Crippen LogP contribution in [0, 0.1) is 0 Å². The Kier molecular flexibility index (Phi) is 4.77. The summed E-state index contributed by atoms with van der Waals surface area (Å²) in [4.78, 5) is 25.7. The van der Waals surface area contributed by atoms with Crippen molar-refractivity contribution in [2.45, 2.75) is 0 Å². The normalized spacial score (nSPS) is 11.0. The van der Waals surface area contributed by atoms with Gasteiger partial charge in [0.1, 0.15) is 17.6 Å². The van der Waals surface area contributed by atoms with Crippen LogP contribution in [0.25, 0.3) is 32.9 Å². The van der Waals surface area contributed by atoms with Gasteiger partial charge in [-0.25, -0.2) is 4.79 Å². The van der Waals surface area contributed by atoms with E-state index < -0.39 is 5.97 Å². The van der Waals surface area contributed by atoms with E-state index in [2.05, 4.69) is 0 Å². The molecule has 150 valence electrons. The van der Waals surface area contributed by atoms with E-state index in [4.69, 9.17) is 20.8 Å². The Balaban J connectivity index is 1.49. The van der Waals surface area contributed by atoms with Crippen molar-refractivity contribution in [1.82, 2.24) is 0 Å². The maximum atomic E-state index is 12.9. The molecule has 0 atom stereocenters. The van der Waals surface area contributed by atoms with Crippen molar-refractivity contribution in [3.05, 3.63) is 112 Å². The van der Waals surface area contributed by atoms with Crippen LogP contribution in [0.4, 0.5) is 0 Å². The lowest BCUT2D eigenvalue weighted by Gasteiger charge is -2.08. The summed E-state index contributed by atoms with van der Waals surface area (Å²) in [5, 5.41) is 2.76. The van der Waals surface area contributed by atoms with Gasteiger partial charge in [-0.15, -0.1) is 0 Å². The first-order chi connectivity index (χ1) is 15.1. The Morgan fingerprint density at radius 1 is 0.839 bits per heavy atom. The Labute approximate surface area is 182 Å². The highest BCUT2D eigenvalue weighted by Gasteiger charge is 2.14. The van der Waals surface area contributed by atoms with E-state index in [0.29, 0.717) is 38.4 Å². The zero-order chi connectivity index (χ0) is 21.4. The monoisotopic (exact) mass is 426 g/mol. The van der Waals surface area contributed by atoms with Gasteiger partial charge in [0.2, 0.25) is 0 Å². The second-order valence-electron chi connectivity index (χ2n) is 7.06. The number of ether oxygens (including phenoxy) is 1. The van der Waals surface area contributed by atoms with Gasteiger partial charge in [0.05, 0.1) is 16.5 Å². The van der Waals surface area contributed by atoms with Crippen LogP contribution in [0.5, 0.6) is 5.75 Å². The van der Waals surface area contributed by atoms with Crippen LogP contribution in [0.15, 0.2) is 100 Å². The number of rotatable bonds is 3. The summed E-state index contributed by atoms with van der Waals surface area (Å²) in [6.07, 6.45) is 1.41. The second kappa shape index (κ2) is 7.74. The molecule has 4 aromatic carbocycles. The Morgan fingerprint density at radius 3 is 2.45 bits per heavy atom. The predicted molar refractivity (Wildman–Crippen MR) is 122 cm³/mol. The molecule has 0 saturated heterocycles. The van der Waals surface area contributed by atoms with E-state index in [9.17, 15) is 9.59 Å². The zero-order valence-electron chi connectivity index (χ0n) is 16.2. The minimum atomic E-state index is -0.476. The third-order valence-electron chi connectivity index (χ3n) is 5.12. The summed E-state index contributed by atoms with van der Waals surface area (Å²) >= 11 is 5.93. The lowest BCUT2D eigenvalue weighted by atomic mass is 10.0. The van der Waals surface area contributed by atoms with E-state index in [-0.39, 0.29) is 5.43 Å². The molecule has 1 aromatic heterocycles. The fourth-order valence-corrected chi connectivity index (χ4v) is 3.69. The molecular formula is C26H15ClO4. The highest BCUT2D eigenvalue weighted by Crippen LogP contribution is 2.26. The van der Waals surface area contributed by atoms with Crippen molar-refractivity contribution in [3.63, 3.8) is 0 Å². The van der Waals surface area contributed by atoms with Gasteiger partial charge in [-0.3, -0.25) is 4.79 Å². The number of benzene rings is 4. The Hall–Kier alpha value is -3.89. The number of hydrogen-bond acceptors (Lipinski definition) is 4. The molecule has 0 bridgehead atoms. The smallest absolute Gasteiger partial charge is 0.344 e. The lowest BCUT2D eigenvalue weighted by molar-refractivity contribution is 0.0737. The van der Waals surface area contributed by atoms with E-state index in [1.165, 1.54) is 6.26 Å². The van der Waals surface area contributed by atoms with Crippen LogP contribution < -0.4 is 10.2 Å². The van der Waals surface area contributed by atoms with Crippen LogP contribution in [-0.4, -0.2) is 5.97 Å². The number of carbonyl (C=O) groups excluding carboxylic acids is 1. The fraction of sp³-hybridized carbons (Fsp3) is 0. The maximum Gasteiger partial charge on any atom is 0.344 e. The number of esters is 1. The first-order valence-electron chi connectivity index (χ1n) is 9.61. The minimum absolute atomic E-state index is 0.171. The quantitative estimate of drug-likeness (QED) is 0.244. The van der Waals surface area contributed by atoms with Crippen LogP contribution in [-0.2, 0) is 0 Å². The molecule has 5 rings (SSSR count). The van der Waals surface area contributed by atoms with E-state index >= 15 is 0 Å². The second-order valence-corrected chi connectivity index (χ2v) is 7.50. The fourth-order valence-electron chi connectivity index (χ4n) is 3.57. The Bertz CT molecular complexity index is 1490. The summed E-state index contributed by atoms with van der Waals surface area (Å²) in [7, 11) is 0. The molecule has 0 aliphatic heterocycles. The van der Waals surface area contributed by atoms with Gasteiger partial charge in [-0.1, -0.05) is 60.1 Å². The molecule has 1 heterocycles. The molecule has 31 heavy (non-hydrogen) atoms. The molecule has 5 heteroatoms. The summed E-state index contributed by atoms with van der Waals surface area (Å²) in [6.45, 7) is 0. The van der Waals surface area contributed by atoms with Gasteiger partial charge in [0.15, 0.2) is 5.43 Å². The minimum Gasteiger partial charge on any atom is -0.463 e. The van der Waals surface area contributed by atoms with Crippen molar-refractivity contribution in [2.24, 2.45) is 0 Å². The van der Waals surface area contributed by atoms with Crippen molar-refractivity contribution in [3.8, 4) is 16.9 Å². The van der Waals surface area contributed by atoms with Gasteiger partial charge in [0, 0.05) is 11.1 Å². The first kappa shape index (κ1) is 19.1. The molecule has 0 aliphatic rings. The molecule has 0 N–H and O–H groups in total. The molecule has 4 nitrogen and oxygen atoms in total. The van der Waals surface area contributed by atoms with Crippen molar-refractivity contribution < 1.29 is 13.9 Å². The van der Waals surface area contributed by atoms with Crippen LogP contribution >= 0.6 is 11.6 Å². The van der Waals surface area contributed by atoms with Gasteiger partial charge in [-0.2, -0.15) is 0 Å². The number of hydrogen-bond donors (Lipinski definition) is 0. The molecular weight excluding hydrogens is 412 g/mol. The van der Waals surface area contributed by atoms with Gasteiger partial charge in [0.25, 0.3) is 0 Å². The molecule has 0 unspecified atom stereocenters. The van der Waals surface area contributed by atoms with Crippen molar-refractivity contribution in [2.75, 3.05) is 0 Å². The third kappa shape index (κ3) is 3.58. The molecule has 0 saturated carbocycles. The highest BCUT2D eigenvalue weighted by atomic mass is 35.5. The van der Waals surface area contributed by atoms with Crippen LogP contribution in [0.2, 0.25) is 5.02 Å². The van der Waals surface area contributed by atoms with E-state index in [1.54, 1.807) is 48.5 Å². The molecule has 0 radical (unpaired) electrons. The topological polar surface area (TPSA) is 56.5 Å². The first-order valence-corrected chi connectivity index (χ1v) is 9.99. The van der Waals surface area contributed by atoms with E-state index in [0.717, 1.165) is 10.8 Å². The average molecular weight is 427 g/mol. The van der Waals surface area contributed by atoms with Crippen LogP contribution in [0.3, 0.4) is 0 Å². The molecule has 0 spiro atoms. The summed E-state index contributed by atoms with van der Waals surface area (Å²) in [6, 6.07) is 24.8. The van der Waals surface area contributed by atoms with Crippen LogP contribution in [0.1, 0.15) is 10.4 Å². The molecule has 0 fully saturated rings. The summed E-state index contributed by atoms with van der Waals surface area (Å²) in [5.74, 6) is -0.177. The highest BCUT2D eigenvalue weighted by molar-refractivity contribution is 6.30. The number of halogens is 1. The lowest BCUT2D eigenvalue weighted by Crippen LogP contribution is -2.09. The summed E-state index contributed by atoms with van der Waals surface area (Å²) in [5.41, 5.74) is 1.79. The Morgan fingerprint density at radius 2 is 1.61 bits per heavy atom. The largest absolute Gasteiger partial charge is 0.463 e. The standard InChI is InChI=1S/C26H15ClO4/c27-18-10-8-17(9-11-18)23-15-30-24-14-19(12-13-22(24)25(23)28)31-26(29)21-7-3-5-16-4-1-2-6-20(16)21/h1-15H. The van der Waals surface area contributed by atoms with Gasteiger partial charge >= 0.3 is 5.97 Å². The SMILES string of the molecule is O=C(Oc1ccc2c(=O)c(-c3ccc(Cl)cc3)coc2c1)c1cccc2ccccc12. The molecule has 0 aliphatic carbocycles.